The molecular weight excluding hydrogens is 564 g/mol. The lowest BCUT2D eigenvalue weighted by molar-refractivity contribution is -0.143. The molecule has 216 valence electrons. The number of nitrogens with one attached hydrogen (secondary N) is 2. The van der Waals surface area contributed by atoms with Gasteiger partial charge in [0.25, 0.3) is 0 Å². The van der Waals surface area contributed by atoms with E-state index in [0.29, 0.717) is 54.8 Å². The van der Waals surface area contributed by atoms with Crippen LogP contribution < -0.4 is 10.0 Å². The van der Waals surface area contributed by atoms with Crippen LogP contribution in [0.3, 0.4) is 0 Å². The second-order valence-corrected chi connectivity index (χ2v) is 13.4. The van der Waals surface area contributed by atoms with E-state index in [1.54, 1.807) is 12.1 Å². The van der Waals surface area contributed by atoms with Crippen molar-refractivity contribution in [3.05, 3.63) is 26.8 Å². The zero-order chi connectivity index (χ0) is 28.0. The highest BCUT2D eigenvalue weighted by Crippen LogP contribution is 2.23. The van der Waals surface area contributed by atoms with Crippen molar-refractivity contribution in [3.8, 4) is 0 Å². The van der Waals surface area contributed by atoms with E-state index in [9.17, 15) is 22.8 Å². The van der Waals surface area contributed by atoms with E-state index in [0.717, 1.165) is 37.9 Å². The predicted molar refractivity (Wildman–Crippen MR) is 152 cm³/mol. The number of amides is 4. The first-order valence-electron chi connectivity index (χ1n) is 13.4. The Bertz CT molecular complexity index is 1170. The summed E-state index contributed by atoms with van der Waals surface area (Å²) in [6.07, 6.45) is 4.25. The van der Waals surface area contributed by atoms with Crippen LogP contribution >= 0.6 is 22.9 Å². The fourth-order valence-corrected chi connectivity index (χ4v) is 7.39. The number of nitrogens with zero attached hydrogens (tertiary/aromatic N) is 4. The molecule has 2 atom stereocenters. The van der Waals surface area contributed by atoms with Crippen molar-refractivity contribution in [3.63, 3.8) is 0 Å². The van der Waals surface area contributed by atoms with Crippen LogP contribution in [0.1, 0.15) is 37.5 Å². The molecule has 14 heteroatoms. The average molecular weight is 601 g/mol. The summed E-state index contributed by atoms with van der Waals surface area (Å²) in [5.74, 6) is -0.479. The molecule has 0 aromatic carbocycles. The Labute approximate surface area is 239 Å². The quantitative estimate of drug-likeness (QED) is 0.444. The summed E-state index contributed by atoms with van der Waals surface area (Å²) in [5, 5.41) is 3.87. The lowest BCUT2D eigenvalue weighted by Crippen LogP contribution is -2.56. The van der Waals surface area contributed by atoms with Crippen LogP contribution in [0.25, 0.3) is 6.08 Å². The highest BCUT2D eigenvalue weighted by molar-refractivity contribution is 7.92. The van der Waals surface area contributed by atoms with Crippen molar-refractivity contribution in [1.82, 2.24) is 29.6 Å². The van der Waals surface area contributed by atoms with E-state index in [1.807, 2.05) is 16.7 Å². The SMILES string of the molecule is CCNC(=O)N1CCN(C[C@@H]2CCCN2C(=O)CN2CCC[C@H](NS(=O)(=O)/C=C/c3ccc(Cl)s3)C2=O)CC1. The minimum atomic E-state index is -3.85. The van der Waals surface area contributed by atoms with E-state index < -0.39 is 16.1 Å². The standard InChI is InChI=1S/C25H37ClN6O5S2/c1-2-27-25(35)30-14-12-29(13-15-30)17-19-5-3-11-32(19)23(33)18-31-10-4-6-21(24(31)34)28-39(36,37)16-9-20-7-8-22(26)38-20/h7-9,16,19,21,28H,2-6,10-15,17-18H2,1H3,(H,27,35)/b16-9+/t19-,21-/m0/s1. The normalized spacial score (nSPS) is 23.1. The Hall–Kier alpha value is -2.19. The molecule has 0 aliphatic carbocycles. The van der Waals surface area contributed by atoms with Crippen molar-refractivity contribution in [2.75, 3.05) is 58.9 Å². The number of carbonyl (C=O) groups is 3. The zero-order valence-electron chi connectivity index (χ0n) is 22.2. The molecule has 1 aromatic heterocycles. The van der Waals surface area contributed by atoms with Crippen molar-refractivity contribution in [2.45, 2.75) is 44.7 Å². The van der Waals surface area contributed by atoms with Gasteiger partial charge in [-0.25, -0.2) is 13.2 Å². The van der Waals surface area contributed by atoms with E-state index in [1.165, 1.54) is 22.3 Å². The van der Waals surface area contributed by atoms with E-state index in [-0.39, 0.29) is 30.4 Å². The molecule has 0 unspecified atom stereocenters. The molecule has 3 aliphatic rings. The Morgan fingerprint density at radius 1 is 1.10 bits per heavy atom. The first-order chi connectivity index (χ1) is 18.6. The number of urea groups is 1. The van der Waals surface area contributed by atoms with Crippen LogP contribution in [0, 0.1) is 0 Å². The number of sulfonamides is 1. The monoisotopic (exact) mass is 600 g/mol. The lowest BCUT2D eigenvalue weighted by atomic mass is 10.1. The summed E-state index contributed by atoms with van der Waals surface area (Å²) in [6.45, 7) is 7.10. The average Bonchev–Trinajstić information content (AvgIpc) is 3.54. The van der Waals surface area contributed by atoms with Gasteiger partial charge in [-0.2, -0.15) is 4.72 Å². The highest BCUT2D eigenvalue weighted by Gasteiger charge is 2.36. The second kappa shape index (κ2) is 13.4. The number of piperidine rings is 1. The number of carbonyl (C=O) groups excluding carboxylic acids is 3. The molecule has 11 nitrogen and oxygen atoms in total. The van der Waals surface area contributed by atoms with Crippen LogP contribution in [0.5, 0.6) is 0 Å². The number of likely N-dealkylation sites (tertiary alicyclic amines) is 2. The Morgan fingerprint density at radius 2 is 1.85 bits per heavy atom. The second-order valence-electron chi connectivity index (χ2n) is 10.1. The van der Waals surface area contributed by atoms with Gasteiger partial charge in [0.1, 0.15) is 6.04 Å². The van der Waals surface area contributed by atoms with Crippen molar-refractivity contribution >= 4 is 56.9 Å². The largest absolute Gasteiger partial charge is 0.338 e. The summed E-state index contributed by atoms with van der Waals surface area (Å²) >= 11 is 7.15. The molecule has 3 saturated heterocycles. The van der Waals surface area contributed by atoms with Gasteiger partial charge in [0.2, 0.25) is 21.8 Å². The minimum absolute atomic E-state index is 0.0370. The molecular formula is C25H37ClN6O5S2. The molecule has 3 fully saturated rings. The third-order valence-electron chi connectivity index (χ3n) is 7.32. The topological polar surface area (TPSA) is 122 Å². The first-order valence-corrected chi connectivity index (χ1v) is 16.2. The van der Waals surface area contributed by atoms with Gasteiger partial charge in [-0.15, -0.1) is 11.3 Å². The number of thiophene rings is 1. The van der Waals surface area contributed by atoms with Crippen LogP contribution in [0.2, 0.25) is 4.34 Å². The molecule has 0 bridgehead atoms. The maximum Gasteiger partial charge on any atom is 0.317 e. The smallest absolute Gasteiger partial charge is 0.317 e. The summed E-state index contributed by atoms with van der Waals surface area (Å²) in [6, 6.07) is 2.54. The third-order valence-corrected chi connectivity index (χ3v) is 9.63. The molecule has 4 rings (SSSR count). The van der Waals surface area contributed by atoms with Gasteiger partial charge in [-0.05, 0) is 50.8 Å². The number of halogens is 1. The molecule has 0 radical (unpaired) electrons. The van der Waals surface area contributed by atoms with Gasteiger partial charge in [0, 0.05) is 68.7 Å². The first kappa shape index (κ1) is 29.8. The van der Waals surface area contributed by atoms with E-state index in [4.69, 9.17) is 11.6 Å². The van der Waals surface area contributed by atoms with E-state index >= 15 is 0 Å². The number of piperazine rings is 1. The van der Waals surface area contributed by atoms with Crippen molar-refractivity contribution in [2.24, 2.45) is 0 Å². The molecule has 2 N–H and O–H groups in total. The summed E-state index contributed by atoms with van der Waals surface area (Å²) in [7, 11) is -3.85. The van der Waals surface area contributed by atoms with Crippen LogP contribution in [-0.2, 0) is 19.6 Å². The Kier molecular flexibility index (Phi) is 10.3. The van der Waals surface area contributed by atoms with Gasteiger partial charge in [0.05, 0.1) is 10.9 Å². The highest BCUT2D eigenvalue weighted by atomic mass is 35.5. The lowest BCUT2D eigenvalue weighted by Gasteiger charge is -2.38. The van der Waals surface area contributed by atoms with E-state index in [2.05, 4.69) is 14.9 Å². The Morgan fingerprint density at radius 3 is 2.54 bits per heavy atom. The fourth-order valence-electron chi connectivity index (χ4n) is 5.32. The third kappa shape index (κ3) is 8.16. The molecule has 39 heavy (non-hydrogen) atoms. The molecule has 4 heterocycles. The number of hydrogen-bond donors (Lipinski definition) is 2. The van der Waals surface area contributed by atoms with Crippen molar-refractivity contribution in [1.29, 1.82) is 0 Å². The maximum absolute atomic E-state index is 13.3. The molecule has 0 spiro atoms. The van der Waals surface area contributed by atoms with Gasteiger partial charge in [-0.3, -0.25) is 14.5 Å². The van der Waals surface area contributed by atoms with Crippen LogP contribution in [0.15, 0.2) is 17.5 Å². The van der Waals surface area contributed by atoms with Gasteiger partial charge in [-0.1, -0.05) is 11.6 Å². The number of rotatable bonds is 9. The number of hydrogen-bond acceptors (Lipinski definition) is 7. The fraction of sp³-hybridized carbons (Fsp3) is 0.640. The molecule has 3 aliphatic heterocycles. The summed E-state index contributed by atoms with van der Waals surface area (Å²) < 4.78 is 28.2. The molecule has 4 amide bonds. The van der Waals surface area contributed by atoms with Gasteiger partial charge >= 0.3 is 6.03 Å². The Balaban J connectivity index is 1.28. The summed E-state index contributed by atoms with van der Waals surface area (Å²) in [4.78, 5) is 46.6. The minimum Gasteiger partial charge on any atom is -0.338 e. The summed E-state index contributed by atoms with van der Waals surface area (Å²) in [5.41, 5.74) is 0. The molecule has 0 saturated carbocycles. The van der Waals surface area contributed by atoms with Gasteiger partial charge < -0.3 is 20.0 Å². The zero-order valence-corrected chi connectivity index (χ0v) is 24.6. The van der Waals surface area contributed by atoms with Gasteiger partial charge in [0.15, 0.2) is 0 Å². The van der Waals surface area contributed by atoms with Crippen LogP contribution in [-0.4, -0.2) is 117 Å². The molecule has 1 aromatic rings. The predicted octanol–water partition coefficient (Wildman–Crippen LogP) is 1.62. The van der Waals surface area contributed by atoms with Crippen molar-refractivity contribution < 1.29 is 22.8 Å². The van der Waals surface area contributed by atoms with Crippen LogP contribution in [0.4, 0.5) is 4.79 Å². The maximum atomic E-state index is 13.3.